The highest BCUT2D eigenvalue weighted by Crippen LogP contribution is 2.31. The summed E-state index contributed by atoms with van der Waals surface area (Å²) in [6.07, 6.45) is 5.98. The summed E-state index contributed by atoms with van der Waals surface area (Å²) in [6, 6.07) is 10.3. The summed E-state index contributed by atoms with van der Waals surface area (Å²) < 4.78 is 0. The van der Waals surface area contributed by atoms with E-state index in [1.54, 1.807) is 0 Å². The van der Waals surface area contributed by atoms with Crippen LogP contribution in [0, 0.1) is 0 Å². The van der Waals surface area contributed by atoms with Crippen LogP contribution in [-0.4, -0.2) is 15.7 Å². The highest BCUT2D eigenvalue weighted by molar-refractivity contribution is 7.99. The van der Waals surface area contributed by atoms with Gasteiger partial charge in [0.2, 0.25) is 0 Å². The van der Waals surface area contributed by atoms with Crippen LogP contribution in [0.5, 0.6) is 0 Å². The summed E-state index contributed by atoms with van der Waals surface area (Å²) in [6.45, 7) is 2.22. The molecule has 0 saturated heterocycles. The lowest BCUT2D eigenvalue weighted by molar-refractivity contribution is 0.647. The fourth-order valence-corrected chi connectivity index (χ4v) is 3.54. The fraction of sp³-hybridized carbons (Fsp3) is 0.412. The van der Waals surface area contributed by atoms with E-state index < -0.39 is 0 Å². The zero-order valence-corrected chi connectivity index (χ0v) is 12.7. The molecule has 0 bridgehead atoms. The molecule has 1 aromatic heterocycles. The van der Waals surface area contributed by atoms with Crippen LogP contribution in [0.4, 0.5) is 0 Å². The lowest BCUT2D eigenvalue weighted by Gasteiger charge is -2.18. The zero-order chi connectivity index (χ0) is 13.8. The van der Waals surface area contributed by atoms with Crippen molar-refractivity contribution in [2.75, 3.05) is 5.75 Å². The van der Waals surface area contributed by atoms with Crippen LogP contribution in [0.15, 0.2) is 35.4 Å². The summed E-state index contributed by atoms with van der Waals surface area (Å²) in [5, 5.41) is 1.22. The largest absolute Gasteiger partial charge is 0.233 e. The fourth-order valence-electron chi connectivity index (χ4n) is 2.59. The lowest BCUT2D eigenvalue weighted by atomic mass is 9.97. The van der Waals surface area contributed by atoms with Crippen molar-refractivity contribution in [3.63, 3.8) is 0 Å². The van der Waals surface area contributed by atoms with Crippen molar-refractivity contribution >= 4 is 11.8 Å². The van der Waals surface area contributed by atoms with Crippen LogP contribution >= 0.6 is 11.8 Å². The molecular weight excluding hydrogens is 264 g/mol. The Bertz CT molecular complexity index is 581. The highest BCUT2D eigenvalue weighted by atomic mass is 32.2. The topological polar surface area (TPSA) is 25.8 Å². The molecule has 1 heterocycles. The normalized spacial score (nSPS) is 14.1. The maximum Gasteiger partial charge on any atom is 0.160 e. The molecule has 0 amide bonds. The number of nitrogens with zero attached hydrogens (tertiary/aromatic N) is 2. The summed E-state index contributed by atoms with van der Waals surface area (Å²) in [4.78, 5) is 9.67. The number of rotatable bonds is 4. The van der Waals surface area contributed by atoms with Crippen molar-refractivity contribution in [3.8, 4) is 11.4 Å². The summed E-state index contributed by atoms with van der Waals surface area (Å²) in [7, 11) is 0. The van der Waals surface area contributed by atoms with Crippen molar-refractivity contribution in [2.24, 2.45) is 0 Å². The van der Waals surface area contributed by atoms with Gasteiger partial charge in [0, 0.05) is 16.8 Å². The summed E-state index contributed by atoms with van der Waals surface area (Å²) in [5.74, 6) is 2.03. The standard InChI is InChI=1S/C17H20N2S/c1-2-12-20-17-14-10-6-7-11-15(14)18-16(19-17)13-8-4-3-5-9-13/h3-5,8-9H,2,6-7,10-12H2,1H3. The van der Waals surface area contributed by atoms with Crippen LogP contribution < -0.4 is 0 Å². The molecule has 2 nitrogen and oxygen atoms in total. The van der Waals surface area contributed by atoms with E-state index in [1.807, 2.05) is 17.8 Å². The van der Waals surface area contributed by atoms with Gasteiger partial charge in [0.15, 0.2) is 5.82 Å². The monoisotopic (exact) mass is 284 g/mol. The van der Waals surface area contributed by atoms with Crippen LogP contribution in [0.1, 0.15) is 37.4 Å². The first kappa shape index (κ1) is 13.6. The molecule has 3 rings (SSSR count). The predicted octanol–water partition coefficient (Wildman–Crippen LogP) is 4.52. The quantitative estimate of drug-likeness (QED) is 0.609. The first-order valence-corrected chi connectivity index (χ1v) is 8.45. The maximum atomic E-state index is 4.85. The molecule has 0 radical (unpaired) electrons. The third-order valence-corrected chi connectivity index (χ3v) is 4.84. The number of aromatic nitrogens is 2. The van der Waals surface area contributed by atoms with Gasteiger partial charge in [0.25, 0.3) is 0 Å². The van der Waals surface area contributed by atoms with Gasteiger partial charge < -0.3 is 0 Å². The van der Waals surface area contributed by atoms with E-state index in [9.17, 15) is 0 Å². The first-order valence-electron chi connectivity index (χ1n) is 7.46. The smallest absolute Gasteiger partial charge is 0.160 e. The van der Waals surface area contributed by atoms with Crippen molar-refractivity contribution < 1.29 is 0 Å². The first-order chi connectivity index (χ1) is 9.88. The maximum absolute atomic E-state index is 4.85. The Morgan fingerprint density at radius 3 is 2.65 bits per heavy atom. The molecule has 0 atom stereocenters. The molecule has 0 unspecified atom stereocenters. The number of hydrogen-bond acceptors (Lipinski definition) is 3. The van der Waals surface area contributed by atoms with Gasteiger partial charge in [0.05, 0.1) is 0 Å². The second-order valence-electron chi connectivity index (χ2n) is 5.20. The van der Waals surface area contributed by atoms with Crippen molar-refractivity contribution in [2.45, 2.75) is 44.1 Å². The Labute approximate surface area is 125 Å². The van der Waals surface area contributed by atoms with Crippen LogP contribution in [-0.2, 0) is 12.8 Å². The van der Waals surface area contributed by atoms with E-state index in [0.717, 1.165) is 30.0 Å². The molecule has 0 saturated carbocycles. The molecule has 1 aliphatic rings. The zero-order valence-electron chi connectivity index (χ0n) is 11.9. The summed E-state index contributed by atoms with van der Waals surface area (Å²) in [5.41, 5.74) is 3.82. The van der Waals surface area contributed by atoms with Gasteiger partial charge in [-0.3, -0.25) is 0 Å². The van der Waals surface area contributed by atoms with Gasteiger partial charge in [-0.15, -0.1) is 11.8 Å². The SMILES string of the molecule is CCCSc1nc(-c2ccccc2)nc2c1CCCC2. The minimum absolute atomic E-state index is 0.893. The number of thioether (sulfide) groups is 1. The number of hydrogen-bond donors (Lipinski definition) is 0. The van der Waals surface area contributed by atoms with E-state index in [-0.39, 0.29) is 0 Å². The van der Waals surface area contributed by atoms with Crippen molar-refractivity contribution in [1.29, 1.82) is 0 Å². The van der Waals surface area contributed by atoms with E-state index in [4.69, 9.17) is 9.97 Å². The van der Waals surface area contributed by atoms with E-state index in [0.29, 0.717) is 0 Å². The van der Waals surface area contributed by atoms with Crippen LogP contribution in [0.3, 0.4) is 0 Å². The third-order valence-electron chi connectivity index (χ3n) is 3.62. The van der Waals surface area contributed by atoms with Gasteiger partial charge in [-0.2, -0.15) is 0 Å². The molecule has 104 valence electrons. The molecule has 0 fully saturated rings. The van der Waals surface area contributed by atoms with Gasteiger partial charge in [-0.05, 0) is 37.9 Å². The number of fused-ring (bicyclic) bond motifs is 1. The van der Waals surface area contributed by atoms with Gasteiger partial charge in [0.1, 0.15) is 5.03 Å². The molecular formula is C17H20N2S. The average molecular weight is 284 g/mol. The number of aryl methyl sites for hydroxylation is 1. The molecule has 0 spiro atoms. The Morgan fingerprint density at radius 2 is 1.85 bits per heavy atom. The Kier molecular flexibility index (Phi) is 4.36. The van der Waals surface area contributed by atoms with E-state index in [1.165, 1.54) is 35.5 Å². The molecule has 3 heteroatoms. The summed E-state index contributed by atoms with van der Waals surface area (Å²) >= 11 is 1.89. The molecule has 20 heavy (non-hydrogen) atoms. The minimum Gasteiger partial charge on any atom is -0.233 e. The lowest BCUT2D eigenvalue weighted by Crippen LogP contribution is -2.10. The molecule has 2 aromatic rings. The molecule has 1 aliphatic carbocycles. The second kappa shape index (κ2) is 6.40. The minimum atomic E-state index is 0.893. The molecule has 0 aliphatic heterocycles. The van der Waals surface area contributed by atoms with Crippen LogP contribution in [0.25, 0.3) is 11.4 Å². The van der Waals surface area contributed by atoms with Gasteiger partial charge in [-0.25, -0.2) is 9.97 Å². The predicted molar refractivity (Wildman–Crippen MR) is 85.1 cm³/mol. The van der Waals surface area contributed by atoms with E-state index in [2.05, 4.69) is 31.2 Å². The number of benzene rings is 1. The van der Waals surface area contributed by atoms with Crippen molar-refractivity contribution in [1.82, 2.24) is 9.97 Å². The van der Waals surface area contributed by atoms with E-state index >= 15 is 0 Å². The highest BCUT2D eigenvalue weighted by Gasteiger charge is 2.18. The van der Waals surface area contributed by atoms with Crippen molar-refractivity contribution in [3.05, 3.63) is 41.6 Å². The Balaban J connectivity index is 2.03. The van der Waals surface area contributed by atoms with Gasteiger partial charge >= 0.3 is 0 Å². The Morgan fingerprint density at radius 1 is 1.05 bits per heavy atom. The van der Waals surface area contributed by atoms with Crippen LogP contribution in [0.2, 0.25) is 0 Å². The third kappa shape index (κ3) is 2.88. The molecule has 1 aromatic carbocycles. The average Bonchev–Trinajstić information content (AvgIpc) is 2.53. The Hall–Kier alpha value is -1.35. The van der Waals surface area contributed by atoms with Gasteiger partial charge in [-0.1, -0.05) is 37.3 Å². The molecule has 0 N–H and O–H groups in total. The second-order valence-corrected chi connectivity index (χ2v) is 6.28.